The van der Waals surface area contributed by atoms with Crippen LogP contribution >= 0.6 is 0 Å². The normalized spacial score (nSPS) is 12.8. The molecule has 0 saturated heterocycles. The van der Waals surface area contributed by atoms with E-state index in [-0.39, 0.29) is 12.4 Å². The predicted molar refractivity (Wildman–Crippen MR) is 87.6 cm³/mol. The van der Waals surface area contributed by atoms with Crippen LogP contribution in [0, 0.1) is 5.82 Å². The van der Waals surface area contributed by atoms with Gasteiger partial charge in [-0.15, -0.1) is 0 Å². The molecular weight excluding hydrogens is 299 g/mol. The molecule has 1 aromatic carbocycles. The first-order chi connectivity index (χ1) is 10.7. The van der Waals surface area contributed by atoms with E-state index in [0.717, 1.165) is 5.56 Å². The molecule has 2 N–H and O–H groups in total. The van der Waals surface area contributed by atoms with E-state index in [9.17, 15) is 14.3 Å². The van der Waals surface area contributed by atoms with Crippen LogP contribution in [0.4, 0.5) is 9.18 Å². The third-order valence-electron chi connectivity index (χ3n) is 2.91. The summed E-state index contributed by atoms with van der Waals surface area (Å²) >= 11 is 0. The predicted octanol–water partition coefficient (Wildman–Crippen LogP) is 2.53. The molecule has 1 aromatic rings. The molecule has 0 radical (unpaired) electrons. The molecule has 1 unspecified atom stereocenters. The number of halogens is 1. The van der Waals surface area contributed by atoms with Crippen LogP contribution in [0.15, 0.2) is 24.3 Å². The molecule has 0 aliphatic rings. The molecule has 6 heteroatoms. The van der Waals surface area contributed by atoms with Crippen molar-refractivity contribution in [2.24, 2.45) is 0 Å². The summed E-state index contributed by atoms with van der Waals surface area (Å²) in [4.78, 5) is 13.6. The molecule has 1 rings (SSSR count). The van der Waals surface area contributed by atoms with E-state index >= 15 is 0 Å². The van der Waals surface area contributed by atoms with Crippen LogP contribution < -0.4 is 5.32 Å². The first-order valence-corrected chi connectivity index (χ1v) is 7.78. The Morgan fingerprint density at radius 1 is 1.43 bits per heavy atom. The minimum Gasteiger partial charge on any atom is -0.444 e. The van der Waals surface area contributed by atoms with Crippen LogP contribution in [0.5, 0.6) is 0 Å². The van der Waals surface area contributed by atoms with Crippen LogP contribution in [0.25, 0.3) is 0 Å². The first-order valence-electron chi connectivity index (χ1n) is 7.78. The van der Waals surface area contributed by atoms with Crippen LogP contribution in [-0.2, 0) is 11.3 Å². The molecule has 0 spiro atoms. The Morgan fingerprint density at radius 3 is 2.70 bits per heavy atom. The number of rotatable bonds is 7. The van der Waals surface area contributed by atoms with Gasteiger partial charge in [-0.25, -0.2) is 9.18 Å². The number of carbonyl (C=O) groups excluding carboxylic acids is 1. The van der Waals surface area contributed by atoms with E-state index in [1.54, 1.807) is 33.8 Å². The largest absolute Gasteiger partial charge is 0.444 e. The van der Waals surface area contributed by atoms with Crippen molar-refractivity contribution < 1.29 is 19.0 Å². The lowest BCUT2D eigenvalue weighted by Crippen LogP contribution is -2.43. The van der Waals surface area contributed by atoms with Gasteiger partial charge in [0.1, 0.15) is 11.4 Å². The van der Waals surface area contributed by atoms with E-state index in [0.29, 0.717) is 19.6 Å². The number of ether oxygens (including phenoxy) is 1. The van der Waals surface area contributed by atoms with Gasteiger partial charge < -0.3 is 20.1 Å². The van der Waals surface area contributed by atoms with Gasteiger partial charge in [0.05, 0.1) is 6.10 Å². The zero-order valence-corrected chi connectivity index (χ0v) is 14.3. The second kappa shape index (κ2) is 8.84. The minimum absolute atomic E-state index is 0.205. The Balaban J connectivity index is 2.46. The van der Waals surface area contributed by atoms with Crippen molar-refractivity contribution >= 4 is 6.09 Å². The number of amides is 1. The fourth-order valence-electron chi connectivity index (χ4n) is 2.00. The van der Waals surface area contributed by atoms with Gasteiger partial charge in [0.15, 0.2) is 0 Å². The molecule has 0 heterocycles. The fraction of sp³-hybridized carbons (Fsp3) is 0.588. The minimum atomic E-state index is -0.634. The molecule has 130 valence electrons. The van der Waals surface area contributed by atoms with Crippen LogP contribution in [0.2, 0.25) is 0 Å². The summed E-state index contributed by atoms with van der Waals surface area (Å²) in [6.45, 7) is 8.65. The average Bonchev–Trinajstić information content (AvgIpc) is 2.40. The van der Waals surface area contributed by atoms with Gasteiger partial charge in [-0.05, 0) is 45.4 Å². The zero-order chi connectivity index (χ0) is 17.5. The van der Waals surface area contributed by atoms with Gasteiger partial charge in [-0.3, -0.25) is 0 Å². The maximum absolute atomic E-state index is 13.1. The third kappa shape index (κ3) is 8.52. The Hall–Kier alpha value is -1.66. The Labute approximate surface area is 137 Å². The second-order valence-corrected chi connectivity index (χ2v) is 6.58. The van der Waals surface area contributed by atoms with E-state index in [1.807, 2.05) is 6.07 Å². The van der Waals surface area contributed by atoms with Gasteiger partial charge in [0, 0.05) is 26.2 Å². The van der Waals surface area contributed by atoms with Crippen LogP contribution in [0.3, 0.4) is 0 Å². The SMILES string of the molecule is CC(O)CN(CCNCc1cccc(F)c1)C(=O)OC(C)(C)C. The third-order valence-corrected chi connectivity index (χ3v) is 2.91. The lowest BCUT2D eigenvalue weighted by Gasteiger charge is -2.28. The molecule has 0 aromatic heterocycles. The van der Waals surface area contributed by atoms with Crippen molar-refractivity contribution in [2.45, 2.75) is 45.9 Å². The monoisotopic (exact) mass is 326 g/mol. The van der Waals surface area contributed by atoms with Crippen molar-refractivity contribution in [3.63, 3.8) is 0 Å². The van der Waals surface area contributed by atoms with Crippen molar-refractivity contribution in [1.82, 2.24) is 10.2 Å². The molecule has 23 heavy (non-hydrogen) atoms. The van der Waals surface area contributed by atoms with Crippen molar-refractivity contribution in [2.75, 3.05) is 19.6 Å². The molecular formula is C17H27FN2O3. The molecule has 1 amide bonds. The van der Waals surface area contributed by atoms with Gasteiger partial charge in [-0.1, -0.05) is 12.1 Å². The second-order valence-electron chi connectivity index (χ2n) is 6.58. The van der Waals surface area contributed by atoms with Crippen molar-refractivity contribution in [1.29, 1.82) is 0 Å². The molecule has 5 nitrogen and oxygen atoms in total. The highest BCUT2D eigenvalue weighted by molar-refractivity contribution is 5.68. The first kappa shape index (κ1) is 19.4. The van der Waals surface area contributed by atoms with Gasteiger partial charge >= 0.3 is 6.09 Å². The number of aliphatic hydroxyl groups excluding tert-OH is 1. The van der Waals surface area contributed by atoms with E-state index < -0.39 is 17.8 Å². The molecule has 0 aliphatic heterocycles. The zero-order valence-electron chi connectivity index (χ0n) is 14.3. The number of benzene rings is 1. The lowest BCUT2D eigenvalue weighted by atomic mass is 10.2. The molecule has 0 bridgehead atoms. The van der Waals surface area contributed by atoms with Gasteiger partial charge in [0.25, 0.3) is 0 Å². The van der Waals surface area contributed by atoms with Gasteiger partial charge in [-0.2, -0.15) is 0 Å². The number of nitrogens with one attached hydrogen (secondary N) is 1. The van der Waals surface area contributed by atoms with Crippen LogP contribution in [0.1, 0.15) is 33.3 Å². The van der Waals surface area contributed by atoms with Gasteiger partial charge in [0.2, 0.25) is 0 Å². The number of aliphatic hydroxyl groups is 1. The maximum atomic E-state index is 13.1. The summed E-state index contributed by atoms with van der Waals surface area (Å²) < 4.78 is 18.4. The summed E-state index contributed by atoms with van der Waals surface area (Å²) in [7, 11) is 0. The highest BCUT2D eigenvalue weighted by Crippen LogP contribution is 2.10. The highest BCUT2D eigenvalue weighted by Gasteiger charge is 2.22. The molecule has 1 atom stereocenters. The topological polar surface area (TPSA) is 61.8 Å². The molecule has 0 fully saturated rings. The standard InChI is InChI=1S/C17H27FN2O3/c1-13(21)12-20(16(22)23-17(2,3)4)9-8-19-11-14-6-5-7-15(18)10-14/h5-7,10,13,19,21H,8-9,11-12H2,1-4H3. The van der Waals surface area contributed by atoms with Crippen molar-refractivity contribution in [3.05, 3.63) is 35.6 Å². The Bertz CT molecular complexity index is 501. The molecule has 0 saturated carbocycles. The fourth-order valence-corrected chi connectivity index (χ4v) is 2.00. The number of hydrogen-bond donors (Lipinski definition) is 2. The summed E-state index contributed by atoms with van der Waals surface area (Å²) in [6, 6.07) is 6.36. The number of hydrogen-bond acceptors (Lipinski definition) is 4. The lowest BCUT2D eigenvalue weighted by molar-refractivity contribution is 0.0164. The van der Waals surface area contributed by atoms with E-state index in [2.05, 4.69) is 5.32 Å². The summed E-state index contributed by atoms with van der Waals surface area (Å²) in [5, 5.41) is 12.7. The van der Waals surface area contributed by atoms with Crippen molar-refractivity contribution in [3.8, 4) is 0 Å². The molecule has 0 aliphatic carbocycles. The quantitative estimate of drug-likeness (QED) is 0.756. The number of carbonyl (C=O) groups is 1. The Morgan fingerprint density at radius 2 is 2.13 bits per heavy atom. The smallest absolute Gasteiger partial charge is 0.410 e. The maximum Gasteiger partial charge on any atom is 0.410 e. The van der Waals surface area contributed by atoms with Crippen LogP contribution in [-0.4, -0.2) is 47.4 Å². The Kier molecular flexibility index (Phi) is 7.45. The van der Waals surface area contributed by atoms with E-state index in [1.165, 1.54) is 17.0 Å². The summed E-state index contributed by atoms with van der Waals surface area (Å²) in [5.41, 5.74) is 0.257. The van der Waals surface area contributed by atoms with E-state index in [4.69, 9.17) is 4.74 Å². The summed E-state index contributed by atoms with van der Waals surface area (Å²) in [6.07, 6.45) is -1.09. The number of nitrogens with zero attached hydrogens (tertiary/aromatic N) is 1. The summed E-state index contributed by atoms with van der Waals surface area (Å²) in [5.74, 6) is -0.270. The average molecular weight is 326 g/mol. The highest BCUT2D eigenvalue weighted by atomic mass is 19.1.